The summed E-state index contributed by atoms with van der Waals surface area (Å²) in [6.45, 7) is -0.509. The van der Waals surface area contributed by atoms with Crippen molar-refractivity contribution in [3.05, 3.63) is 181 Å². The van der Waals surface area contributed by atoms with Crippen LogP contribution in [0.3, 0.4) is 0 Å². The molecule has 0 fully saturated rings. The fraction of sp³-hybridized carbons (Fsp3) is 0.0204. The molecule has 0 spiro atoms. The molecule has 12 rings (SSSR count). The number of fused-ring (bicyclic) bond motifs is 10. The number of benzene rings is 8. The topological polar surface area (TPSA) is 6.48 Å². The SMILES string of the molecule is Fc1cccc(C(F)(F)F)c1N1c2ccccc2B2c3cc(-c4ccccc4)ccc3N3c4ccc(-c5ccccc5)cc4B4c5ccccc5Sc5cc1c2c3c54. The highest BCUT2D eigenvalue weighted by Crippen LogP contribution is 2.51. The average Bonchev–Trinajstić information content (AvgIpc) is 3.26. The molecule has 2 nitrogen and oxygen atoms in total. The number of halogens is 4. The van der Waals surface area contributed by atoms with Crippen LogP contribution in [0.15, 0.2) is 180 Å². The fourth-order valence-corrected chi connectivity index (χ4v) is 11.1. The first-order chi connectivity index (χ1) is 28.3. The quantitative estimate of drug-likeness (QED) is 0.131. The maximum absolute atomic E-state index is 16.4. The van der Waals surface area contributed by atoms with Crippen molar-refractivity contribution in [2.75, 3.05) is 9.80 Å². The summed E-state index contributed by atoms with van der Waals surface area (Å²) in [6.07, 6.45) is -4.81. The van der Waals surface area contributed by atoms with Gasteiger partial charge in [0.25, 0.3) is 6.71 Å². The molecule has 0 amide bonds. The van der Waals surface area contributed by atoms with Crippen LogP contribution in [0.1, 0.15) is 5.56 Å². The third kappa shape index (κ3) is 4.71. The van der Waals surface area contributed by atoms with Gasteiger partial charge in [-0.3, -0.25) is 0 Å². The van der Waals surface area contributed by atoms with Crippen LogP contribution in [0.25, 0.3) is 22.3 Å². The van der Waals surface area contributed by atoms with Gasteiger partial charge in [0, 0.05) is 38.2 Å². The third-order valence-corrected chi connectivity index (χ3v) is 13.3. The van der Waals surface area contributed by atoms with E-state index in [4.69, 9.17) is 0 Å². The van der Waals surface area contributed by atoms with Crippen LogP contribution in [0.4, 0.5) is 51.7 Å². The molecule has 0 saturated carbocycles. The van der Waals surface area contributed by atoms with Gasteiger partial charge in [0.05, 0.1) is 11.3 Å². The lowest BCUT2D eigenvalue weighted by Crippen LogP contribution is -2.68. The second-order valence-electron chi connectivity index (χ2n) is 15.2. The zero-order chi connectivity index (χ0) is 38.9. The minimum atomic E-state index is -4.81. The molecule has 4 heterocycles. The Labute approximate surface area is 337 Å². The van der Waals surface area contributed by atoms with E-state index in [9.17, 15) is 0 Å². The fourth-order valence-electron chi connectivity index (χ4n) is 9.87. The molecule has 58 heavy (non-hydrogen) atoms. The average molecular weight is 774 g/mol. The summed E-state index contributed by atoms with van der Waals surface area (Å²) in [6, 6.07) is 55.2. The molecular formula is C49H28B2F4N2S. The molecule has 9 heteroatoms. The number of hydrogen-bond acceptors (Lipinski definition) is 3. The second kappa shape index (κ2) is 12.3. The number of rotatable bonds is 3. The van der Waals surface area contributed by atoms with Crippen molar-refractivity contribution in [3.63, 3.8) is 0 Å². The minimum Gasteiger partial charge on any atom is -0.312 e. The van der Waals surface area contributed by atoms with E-state index in [2.05, 4.69) is 95.9 Å². The summed E-state index contributed by atoms with van der Waals surface area (Å²) in [5.41, 5.74) is 13.0. The van der Waals surface area contributed by atoms with E-state index in [1.807, 2.05) is 60.7 Å². The zero-order valence-corrected chi connectivity index (χ0v) is 31.5. The molecular weight excluding hydrogens is 746 g/mol. The molecule has 0 unspecified atom stereocenters. The summed E-state index contributed by atoms with van der Waals surface area (Å²) in [4.78, 5) is 5.91. The number of para-hydroxylation sites is 2. The Bertz CT molecular complexity index is 3020. The van der Waals surface area contributed by atoms with Crippen LogP contribution in [0.2, 0.25) is 0 Å². The van der Waals surface area contributed by atoms with E-state index < -0.39 is 23.2 Å². The number of hydrogen-bond donors (Lipinski definition) is 0. The van der Waals surface area contributed by atoms with Crippen molar-refractivity contribution in [2.24, 2.45) is 0 Å². The lowest BCUT2D eigenvalue weighted by Gasteiger charge is -2.49. The van der Waals surface area contributed by atoms with E-state index in [1.165, 1.54) is 5.46 Å². The van der Waals surface area contributed by atoms with Gasteiger partial charge >= 0.3 is 6.18 Å². The highest BCUT2D eigenvalue weighted by molar-refractivity contribution is 8.00. The van der Waals surface area contributed by atoms with Crippen LogP contribution in [-0.4, -0.2) is 13.4 Å². The molecule has 4 aliphatic heterocycles. The first kappa shape index (κ1) is 33.7. The Hall–Kier alpha value is -6.44. The van der Waals surface area contributed by atoms with Gasteiger partial charge < -0.3 is 9.80 Å². The Kier molecular flexibility index (Phi) is 7.13. The van der Waals surface area contributed by atoms with E-state index in [1.54, 1.807) is 16.7 Å². The predicted octanol–water partition coefficient (Wildman–Crippen LogP) is 9.56. The second-order valence-corrected chi connectivity index (χ2v) is 16.3. The molecule has 0 saturated heterocycles. The van der Waals surface area contributed by atoms with Gasteiger partial charge in [-0.25, -0.2) is 4.39 Å². The third-order valence-electron chi connectivity index (χ3n) is 12.2. The van der Waals surface area contributed by atoms with E-state index in [-0.39, 0.29) is 13.4 Å². The van der Waals surface area contributed by atoms with Gasteiger partial charge in [-0.2, -0.15) is 13.2 Å². The Morgan fingerprint density at radius 1 is 0.414 bits per heavy atom. The van der Waals surface area contributed by atoms with E-state index in [0.29, 0.717) is 11.4 Å². The van der Waals surface area contributed by atoms with Gasteiger partial charge in [-0.15, -0.1) is 0 Å². The molecule has 0 aromatic heterocycles. The number of nitrogens with zero attached hydrogens (tertiary/aromatic N) is 2. The number of alkyl halides is 3. The number of anilines is 6. The van der Waals surface area contributed by atoms with Crippen LogP contribution in [-0.2, 0) is 6.18 Å². The maximum Gasteiger partial charge on any atom is 0.418 e. The summed E-state index contributed by atoms with van der Waals surface area (Å²) in [5.74, 6) is -0.935. The van der Waals surface area contributed by atoms with Gasteiger partial charge in [0.15, 0.2) is 0 Å². The van der Waals surface area contributed by atoms with Crippen molar-refractivity contribution >= 4 is 92.1 Å². The highest BCUT2D eigenvalue weighted by Gasteiger charge is 2.51. The molecule has 0 radical (unpaired) electrons. The van der Waals surface area contributed by atoms with Gasteiger partial charge in [0.1, 0.15) is 5.82 Å². The Morgan fingerprint density at radius 2 is 0.966 bits per heavy atom. The van der Waals surface area contributed by atoms with Crippen molar-refractivity contribution < 1.29 is 17.6 Å². The van der Waals surface area contributed by atoms with Crippen molar-refractivity contribution in [1.82, 2.24) is 0 Å². The summed E-state index contributed by atoms with van der Waals surface area (Å²) >= 11 is 1.63. The van der Waals surface area contributed by atoms with E-state index >= 15 is 17.6 Å². The molecule has 4 aliphatic rings. The minimum absolute atomic E-state index is 0.154. The summed E-state index contributed by atoms with van der Waals surface area (Å²) in [7, 11) is 0. The summed E-state index contributed by atoms with van der Waals surface area (Å²) in [5, 5.41) is 0. The highest BCUT2D eigenvalue weighted by atomic mass is 32.2. The van der Waals surface area contributed by atoms with Crippen LogP contribution < -0.4 is 42.6 Å². The first-order valence-electron chi connectivity index (χ1n) is 19.3. The lowest BCUT2D eigenvalue weighted by molar-refractivity contribution is -0.137. The molecule has 0 atom stereocenters. The standard InChI is InChI=1S/C49H28B2F4N2S/c52-38-19-11-16-33(49(53,54)55)47(38)57-39-20-9-7-17-34(39)50-36-26-31(29-12-3-1-4-13-29)22-24-40(36)56-41-25-23-32(30-14-5-2-6-15-30)27-37(41)51-35-18-8-10-21-43(35)58-44-28-42(57)45(50)48(56)46(44)51/h1-28H. The molecule has 8 aromatic rings. The smallest absolute Gasteiger partial charge is 0.312 e. The normalized spacial score (nSPS) is 14.0. The van der Waals surface area contributed by atoms with E-state index in [0.717, 1.165) is 94.6 Å². The molecule has 0 bridgehead atoms. The first-order valence-corrected chi connectivity index (χ1v) is 20.1. The Morgan fingerprint density at radius 3 is 1.62 bits per heavy atom. The lowest BCUT2D eigenvalue weighted by atomic mass is 9.29. The van der Waals surface area contributed by atoms with Crippen LogP contribution >= 0.6 is 11.8 Å². The van der Waals surface area contributed by atoms with Crippen molar-refractivity contribution in [3.8, 4) is 22.3 Å². The molecule has 0 aliphatic carbocycles. The Balaban J connectivity index is 1.23. The molecule has 8 aromatic carbocycles. The summed E-state index contributed by atoms with van der Waals surface area (Å²) < 4.78 is 61.6. The van der Waals surface area contributed by atoms with Gasteiger partial charge in [-0.05, 0) is 92.0 Å². The van der Waals surface area contributed by atoms with Gasteiger partial charge in [-0.1, -0.05) is 145 Å². The zero-order valence-electron chi connectivity index (χ0n) is 30.6. The molecule has 274 valence electrons. The van der Waals surface area contributed by atoms with Crippen molar-refractivity contribution in [2.45, 2.75) is 16.0 Å². The van der Waals surface area contributed by atoms with Crippen molar-refractivity contribution in [1.29, 1.82) is 0 Å². The predicted molar refractivity (Wildman–Crippen MR) is 232 cm³/mol. The maximum atomic E-state index is 16.4. The van der Waals surface area contributed by atoms with Crippen LogP contribution in [0.5, 0.6) is 0 Å². The molecule has 0 N–H and O–H groups in total. The monoisotopic (exact) mass is 774 g/mol. The van der Waals surface area contributed by atoms with Gasteiger partial charge in [0.2, 0.25) is 6.71 Å². The largest absolute Gasteiger partial charge is 0.418 e. The van der Waals surface area contributed by atoms with Crippen LogP contribution in [0, 0.1) is 5.82 Å².